The molecule has 0 aromatic carbocycles. The van der Waals surface area contributed by atoms with Gasteiger partial charge < -0.3 is 10.5 Å². The lowest BCUT2D eigenvalue weighted by Gasteiger charge is -1.89. The highest BCUT2D eigenvalue weighted by Gasteiger charge is 1.98. The minimum Gasteiger partial charge on any atom is -0.764 e. The van der Waals surface area contributed by atoms with Crippen molar-refractivity contribution in [2.75, 3.05) is 0 Å². The van der Waals surface area contributed by atoms with Gasteiger partial charge in [-0.05, 0) is 0 Å². The fraction of sp³-hybridized carbons (Fsp3) is 0.250. The minimum atomic E-state index is -1.17. The van der Waals surface area contributed by atoms with Crippen LogP contribution in [-0.4, -0.2) is 24.2 Å². The zero-order valence-corrected chi connectivity index (χ0v) is 4.38. The summed E-state index contributed by atoms with van der Waals surface area (Å²) in [6.07, 6.45) is 0. The van der Waals surface area contributed by atoms with Crippen molar-refractivity contribution in [2.45, 2.75) is 6.82 Å². The van der Waals surface area contributed by atoms with E-state index < -0.39 is 5.97 Å². The second-order valence-corrected chi connectivity index (χ2v) is 1.12. The number of hydrogen-bond acceptors (Lipinski definition) is 1. The first-order valence-corrected chi connectivity index (χ1v) is 2.02. The van der Waals surface area contributed by atoms with Gasteiger partial charge in [0.25, 0.3) is 0 Å². The summed E-state index contributed by atoms with van der Waals surface area (Å²) in [6.45, 7) is 1.51. The van der Waals surface area contributed by atoms with Crippen molar-refractivity contribution >= 4 is 19.1 Å². The number of rotatable bonds is 2. The van der Waals surface area contributed by atoms with Crippen molar-refractivity contribution < 1.29 is 9.90 Å². The Hall–Kier alpha value is -1.02. The smallest absolute Gasteiger partial charge is 0.327 e. The lowest BCUT2D eigenvalue weighted by Crippen LogP contribution is -2.05. The quantitative estimate of drug-likeness (QED) is 0.307. The van der Waals surface area contributed by atoms with Crippen molar-refractivity contribution in [3.8, 4) is 0 Å². The monoisotopic (exact) mass is 109 g/mol. The Morgan fingerprint density at radius 1 is 1.88 bits per heavy atom. The number of carboxylic acids is 1. The average molecular weight is 109 g/mol. The fourth-order valence-electron chi connectivity index (χ4n) is 0.236. The molecule has 8 heavy (non-hydrogen) atoms. The molecule has 0 amide bonds. The number of nitrogens with zero attached hydrogens (tertiary/aromatic N) is 1. The molecule has 0 aliphatic rings. The van der Waals surface area contributed by atoms with Crippen LogP contribution in [0.5, 0.6) is 0 Å². The van der Waals surface area contributed by atoms with Gasteiger partial charge in [0, 0.05) is 5.47 Å². The van der Waals surface area contributed by atoms with Crippen molar-refractivity contribution in [2.24, 2.45) is 0 Å². The molecule has 3 nitrogen and oxygen atoms in total. The predicted molar refractivity (Wildman–Crippen MR) is 31.1 cm³/mol. The summed E-state index contributed by atoms with van der Waals surface area (Å²) in [5.74, 6) is 0.341. The molecule has 41 valence electrons. The third kappa shape index (κ3) is 1.62. The van der Waals surface area contributed by atoms with Gasteiger partial charge in [-0.25, -0.2) is 4.79 Å². The van der Waals surface area contributed by atoms with E-state index in [4.69, 9.17) is 10.5 Å². The summed E-state index contributed by atoms with van der Waals surface area (Å²) in [5.41, 5.74) is -0.218. The third-order valence-corrected chi connectivity index (χ3v) is 0.640. The Balaban J connectivity index is 4.14. The molecule has 1 N–H and O–H groups in total. The van der Waals surface area contributed by atoms with Crippen molar-refractivity contribution in [3.63, 3.8) is 0 Å². The number of hydrogen-bond donors (Lipinski definition) is 1. The van der Waals surface area contributed by atoms with Gasteiger partial charge in [-0.15, -0.1) is 0 Å². The van der Waals surface area contributed by atoms with Crippen LogP contribution >= 0.6 is 0 Å². The number of carboxylic acid groups (broad SMARTS) is 1. The largest absolute Gasteiger partial charge is 0.764 e. The van der Waals surface area contributed by atoms with Gasteiger partial charge in [-0.2, -0.15) is 0 Å². The number of carbonyl (C=O) groups is 1. The standard InChI is InChI=1S/C4H4BNO2/c1-5-3(2-6)4(7)8/h1H3,(H,7,8)/q-1. The van der Waals surface area contributed by atoms with Crippen LogP contribution in [0.15, 0.2) is 5.47 Å². The molecule has 4 heteroatoms. The predicted octanol–water partition coefficient (Wildman–Crippen LogP) is -0.0537. The maximum absolute atomic E-state index is 9.87. The van der Waals surface area contributed by atoms with Crippen LogP contribution in [0.3, 0.4) is 0 Å². The second kappa shape index (κ2) is 3.05. The van der Waals surface area contributed by atoms with Crippen molar-refractivity contribution in [1.82, 2.24) is 0 Å². The Bertz CT molecular complexity index is 148. The molecular weight excluding hydrogens is 105 g/mol. The molecule has 0 unspecified atom stereocenters. The van der Waals surface area contributed by atoms with E-state index in [1.807, 2.05) is 0 Å². The second-order valence-electron chi connectivity index (χ2n) is 1.12. The summed E-state index contributed by atoms with van der Waals surface area (Å²) in [5, 5.41) is 16.1. The lowest BCUT2D eigenvalue weighted by molar-refractivity contribution is -0.131. The Kier molecular flexibility index (Phi) is 2.66. The summed E-state index contributed by atoms with van der Waals surface area (Å²) < 4.78 is 0. The van der Waals surface area contributed by atoms with Gasteiger partial charge in [0.15, 0.2) is 7.28 Å². The van der Waals surface area contributed by atoms with Gasteiger partial charge in [-0.3, -0.25) is 5.87 Å². The van der Waals surface area contributed by atoms with Crippen molar-refractivity contribution in [1.29, 1.82) is 0 Å². The van der Waals surface area contributed by atoms with Crippen LogP contribution in [0, 0.1) is 0 Å². The van der Waals surface area contributed by atoms with Gasteiger partial charge in [0.1, 0.15) is 0 Å². The molecule has 0 atom stereocenters. The summed E-state index contributed by atoms with van der Waals surface area (Å²) in [4.78, 5) is 9.87. The first-order valence-electron chi connectivity index (χ1n) is 2.02. The van der Waals surface area contributed by atoms with Crippen LogP contribution in [0.2, 0.25) is 6.82 Å². The van der Waals surface area contributed by atoms with Crippen LogP contribution in [0.1, 0.15) is 0 Å². The van der Waals surface area contributed by atoms with Gasteiger partial charge in [-0.1, -0.05) is 6.82 Å². The van der Waals surface area contributed by atoms with Crippen LogP contribution in [0.25, 0.3) is 5.41 Å². The highest BCUT2D eigenvalue weighted by atomic mass is 16.4. The lowest BCUT2D eigenvalue weighted by atomic mass is 9.73. The van der Waals surface area contributed by atoms with Gasteiger partial charge >= 0.3 is 5.97 Å². The maximum Gasteiger partial charge on any atom is 0.327 e. The molecule has 0 aliphatic heterocycles. The van der Waals surface area contributed by atoms with E-state index in [9.17, 15) is 4.79 Å². The molecule has 0 aliphatic carbocycles. The van der Waals surface area contributed by atoms with E-state index in [-0.39, 0.29) is 5.47 Å². The Morgan fingerprint density at radius 2 is 2.38 bits per heavy atom. The zero-order valence-electron chi connectivity index (χ0n) is 4.38. The van der Waals surface area contributed by atoms with E-state index in [1.165, 1.54) is 20.0 Å². The first-order chi connectivity index (χ1) is 3.72. The normalized spacial score (nSPS) is 7.12. The first kappa shape index (κ1) is 6.98. The Morgan fingerprint density at radius 3 is 2.38 bits per heavy atom. The molecule has 0 spiro atoms. The van der Waals surface area contributed by atoms with Crippen LogP contribution < -0.4 is 0 Å². The average Bonchev–Trinajstić information content (AvgIpc) is 1.69. The van der Waals surface area contributed by atoms with E-state index in [1.54, 1.807) is 0 Å². The summed E-state index contributed by atoms with van der Waals surface area (Å²) in [6, 6.07) is 0. The van der Waals surface area contributed by atoms with Crippen LogP contribution in [-0.2, 0) is 4.79 Å². The highest BCUT2D eigenvalue weighted by Crippen LogP contribution is 1.82. The number of aliphatic carboxylic acids is 1. The van der Waals surface area contributed by atoms with E-state index >= 15 is 0 Å². The molecule has 0 heterocycles. The maximum atomic E-state index is 9.87. The molecule has 0 saturated heterocycles. The fourth-order valence-corrected chi connectivity index (χ4v) is 0.236. The molecule has 0 fully saturated rings. The highest BCUT2D eigenvalue weighted by molar-refractivity contribution is 6.54. The molecule has 0 saturated carbocycles. The minimum absolute atomic E-state index is 0.218. The topological polar surface area (TPSA) is 59.6 Å². The summed E-state index contributed by atoms with van der Waals surface area (Å²) >= 11 is 0. The van der Waals surface area contributed by atoms with E-state index in [0.29, 0.717) is 0 Å². The molecule has 0 aromatic rings. The van der Waals surface area contributed by atoms with E-state index in [0.717, 1.165) is 0 Å². The van der Waals surface area contributed by atoms with Crippen LogP contribution in [0.4, 0.5) is 0 Å². The van der Waals surface area contributed by atoms with Gasteiger partial charge in [0.2, 0.25) is 0 Å². The molecule has 0 bridgehead atoms. The van der Waals surface area contributed by atoms with Gasteiger partial charge in [0.05, 0.1) is 0 Å². The third-order valence-electron chi connectivity index (χ3n) is 0.640. The zero-order chi connectivity index (χ0) is 6.57. The SMILES string of the molecule is C[B]C(=C=[N-])C(=O)O. The summed E-state index contributed by atoms with van der Waals surface area (Å²) in [7, 11) is 1.25. The molecule has 0 rings (SSSR count). The van der Waals surface area contributed by atoms with E-state index in [2.05, 4.69) is 0 Å². The molecular formula is C4H4BNO2-. The van der Waals surface area contributed by atoms with Crippen molar-refractivity contribution in [3.05, 3.63) is 10.9 Å². The Labute approximate surface area is 47.8 Å². The molecule has 1 radical (unpaired) electrons. The molecule has 0 aromatic heterocycles.